The molecule has 0 fully saturated rings. The molecule has 9 heteroatoms. The molecule has 1 aliphatic rings. The Morgan fingerprint density at radius 2 is 2.03 bits per heavy atom. The molecule has 1 aliphatic heterocycles. The van der Waals surface area contributed by atoms with Gasteiger partial charge >= 0.3 is 0 Å². The van der Waals surface area contributed by atoms with Crippen molar-refractivity contribution in [1.82, 2.24) is 9.97 Å². The molecule has 4 rings (SSSR count). The number of halogens is 2. The van der Waals surface area contributed by atoms with Crippen LogP contribution in [-0.4, -0.2) is 29.2 Å². The van der Waals surface area contributed by atoms with Crippen molar-refractivity contribution in [3.63, 3.8) is 0 Å². The van der Waals surface area contributed by atoms with Gasteiger partial charge in [-0.3, -0.25) is 0 Å². The van der Waals surface area contributed by atoms with E-state index in [2.05, 4.69) is 25.9 Å². The van der Waals surface area contributed by atoms with Crippen LogP contribution in [0.3, 0.4) is 0 Å². The molecule has 0 aliphatic carbocycles. The molecule has 0 bridgehead atoms. The summed E-state index contributed by atoms with van der Waals surface area (Å²) < 4.78 is 25.4. The molecule has 2 aromatic carbocycles. The standard InChI is InChI=1S/C22H23ClFN5O2/c1-12-7-19(30-4)14(23)9-16(12)27-21-25-10-15(24)20(28-21)26-13-5-6-18-17(8-13)29-22(2,3)11-31-18/h5-10,29H,11H2,1-4H3,(H2,25,26,27,28). The minimum Gasteiger partial charge on any atom is -0.495 e. The molecule has 162 valence electrons. The van der Waals surface area contributed by atoms with E-state index in [0.717, 1.165) is 23.2 Å². The van der Waals surface area contributed by atoms with E-state index in [1.807, 2.05) is 32.9 Å². The zero-order valence-electron chi connectivity index (χ0n) is 17.6. The first-order valence-electron chi connectivity index (χ1n) is 9.70. The Morgan fingerprint density at radius 1 is 1.23 bits per heavy atom. The van der Waals surface area contributed by atoms with Crippen LogP contribution in [0, 0.1) is 12.7 Å². The maximum absolute atomic E-state index is 14.4. The Hall–Kier alpha value is -3.26. The SMILES string of the molecule is COc1cc(C)c(Nc2ncc(F)c(Nc3ccc4c(c3)NC(C)(C)CO4)n2)cc1Cl. The number of ether oxygens (including phenoxy) is 2. The predicted octanol–water partition coefficient (Wildman–Crippen LogP) is 5.66. The lowest BCUT2D eigenvalue weighted by atomic mass is 10.0. The zero-order valence-corrected chi connectivity index (χ0v) is 18.4. The minimum atomic E-state index is -0.572. The molecule has 31 heavy (non-hydrogen) atoms. The second-order valence-electron chi connectivity index (χ2n) is 7.95. The number of nitrogens with one attached hydrogen (secondary N) is 3. The molecule has 3 N–H and O–H groups in total. The third-order valence-electron chi connectivity index (χ3n) is 4.79. The average molecular weight is 444 g/mol. The summed E-state index contributed by atoms with van der Waals surface area (Å²) in [6.07, 6.45) is 1.11. The van der Waals surface area contributed by atoms with Gasteiger partial charge in [0.05, 0.1) is 29.6 Å². The van der Waals surface area contributed by atoms with Crippen molar-refractivity contribution in [2.45, 2.75) is 26.3 Å². The second kappa shape index (κ2) is 8.11. The molecule has 7 nitrogen and oxygen atoms in total. The topological polar surface area (TPSA) is 80.3 Å². The smallest absolute Gasteiger partial charge is 0.229 e. The van der Waals surface area contributed by atoms with Gasteiger partial charge in [0.1, 0.15) is 18.1 Å². The van der Waals surface area contributed by atoms with Gasteiger partial charge in [-0.15, -0.1) is 0 Å². The van der Waals surface area contributed by atoms with Crippen molar-refractivity contribution >= 4 is 40.4 Å². The second-order valence-corrected chi connectivity index (χ2v) is 8.36. The summed E-state index contributed by atoms with van der Waals surface area (Å²) >= 11 is 6.22. The van der Waals surface area contributed by atoms with Crippen LogP contribution < -0.4 is 25.4 Å². The fourth-order valence-electron chi connectivity index (χ4n) is 3.21. The fraction of sp³-hybridized carbons (Fsp3) is 0.273. The van der Waals surface area contributed by atoms with Crippen molar-refractivity contribution in [2.24, 2.45) is 0 Å². The van der Waals surface area contributed by atoms with E-state index in [0.29, 0.717) is 28.8 Å². The average Bonchev–Trinajstić information content (AvgIpc) is 2.72. The summed E-state index contributed by atoms with van der Waals surface area (Å²) in [6, 6.07) is 9.02. The van der Waals surface area contributed by atoms with Gasteiger partial charge in [0, 0.05) is 11.4 Å². The molecule has 0 amide bonds. The van der Waals surface area contributed by atoms with Gasteiger partial charge in [-0.1, -0.05) is 11.6 Å². The Kier molecular flexibility index (Phi) is 5.49. The number of hydrogen-bond donors (Lipinski definition) is 3. The summed E-state index contributed by atoms with van der Waals surface area (Å²) in [5, 5.41) is 9.95. The van der Waals surface area contributed by atoms with Crippen LogP contribution in [0.4, 0.5) is 33.2 Å². The van der Waals surface area contributed by atoms with Gasteiger partial charge in [0.15, 0.2) is 11.6 Å². The molecule has 0 saturated carbocycles. The maximum atomic E-state index is 14.4. The van der Waals surface area contributed by atoms with Gasteiger partial charge in [-0.05, 0) is 56.7 Å². The van der Waals surface area contributed by atoms with Gasteiger partial charge in [-0.2, -0.15) is 4.98 Å². The summed E-state index contributed by atoms with van der Waals surface area (Å²) in [6.45, 7) is 6.56. The van der Waals surface area contributed by atoms with Crippen LogP contribution in [0.15, 0.2) is 36.5 Å². The molecule has 0 spiro atoms. The Labute approximate surface area is 185 Å². The maximum Gasteiger partial charge on any atom is 0.229 e. The van der Waals surface area contributed by atoms with Crippen LogP contribution >= 0.6 is 11.6 Å². The van der Waals surface area contributed by atoms with Crippen molar-refractivity contribution < 1.29 is 13.9 Å². The quantitative estimate of drug-likeness (QED) is 0.469. The lowest BCUT2D eigenvalue weighted by Crippen LogP contribution is -2.40. The van der Waals surface area contributed by atoms with Gasteiger partial charge in [0.2, 0.25) is 5.95 Å². The monoisotopic (exact) mass is 443 g/mol. The molecule has 1 aromatic heterocycles. The summed E-state index contributed by atoms with van der Waals surface area (Å²) in [4.78, 5) is 8.32. The Bertz CT molecular complexity index is 1140. The first-order chi connectivity index (χ1) is 14.7. The highest BCUT2D eigenvalue weighted by Crippen LogP contribution is 2.36. The number of rotatable bonds is 5. The van der Waals surface area contributed by atoms with E-state index in [-0.39, 0.29) is 17.3 Å². The van der Waals surface area contributed by atoms with Crippen molar-refractivity contribution in [1.29, 1.82) is 0 Å². The van der Waals surface area contributed by atoms with Crippen LogP contribution in [0.5, 0.6) is 11.5 Å². The summed E-state index contributed by atoms with van der Waals surface area (Å²) in [5.74, 6) is 1.03. The fourth-order valence-corrected chi connectivity index (χ4v) is 3.45. The number of nitrogens with zero attached hydrogens (tertiary/aromatic N) is 2. The molecule has 0 radical (unpaired) electrons. The number of anilines is 5. The number of aryl methyl sites for hydroxylation is 1. The highest BCUT2D eigenvalue weighted by molar-refractivity contribution is 6.32. The lowest BCUT2D eigenvalue weighted by Gasteiger charge is -2.33. The molecule has 3 aromatic rings. The molecule has 0 saturated heterocycles. The normalized spacial score (nSPS) is 14.1. The molecular formula is C22H23ClFN5O2. The minimum absolute atomic E-state index is 0.0469. The Morgan fingerprint density at radius 3 is 2.81 bits per heavy atom. The number of aromatic nitrogens is 2. The van der Waals surface area contributed by atoms with E-state index in [1.165, 1.54) is 0 Å². The van der Waals surface area contributed by atoms with Crippen LogP contribution in [0.25, 0.3) is 0 Å². The van der Waals surface area contributed by atoms with E-state index >= 15 is 0 Å². The van der Waals surface area contributed by atoms with E-state index in [9.17, 15) is 4.39 Å². The van der Waals surface area contributed by atoms with Crippen molar-refractivity contribution in [2.75, 3.05) is 29.7 Å². The Balaban J connectivity index is 1.57. The summed E-state index contributed by atoms with van der Waals surface area (Å²) in [7, 11) is 1.55. The van der Waals surface area contributed by atoms with Crippen LogP contribution in [0.1, 0.15) is 19.4 Å². The van der Waals surface area contributed by atoms with Crippen LogP contribution in [-0.2, 0) is 0 Å². The number of hydrogen-bond acceptors (Lipinski definition) is 7. The summed E-state index contributed by atoms with van der Waals surface area (Å²) in [5.41, 5.74) is 2.88. The molecule has 2 heterocycles. The number of methoxy groups -OCH3 is 1. The van der Waals surface area contributed by atoms with Gasteiger partial charge in [0.25, 0.3) is 0 Å². The van der Waals surface area contributed by atoms with E-state index in [4.69, 9.17) is 21.1 Å². The predicted molar refractivity (Wildman–Crippen MR) is 121 cm³/mol. The van der Waals surface area contributed by atoms with E-state index in [1.54, 1.807) is 25.3 Å². The van der Waals surface area contributed by atoms with Crippen LogP contribution in [0.2, 0.25) is 5.02 Å². The molecule has 0 unspecified atom stereocenters. The van der Waals surface area contributed by atoms with Crippen molar-refractivity contribution in [3.8, 4) is 11.5 Å². The number of fused-ring (bicyclic) bond motifs is 1. The first kappa shape index (κ1) is 21.0. The molecular weight excluding hydrogens is 421 g/mol. The molecule has 0 atom stereocenters. The third kappa shape index (κ3) is 4.59. The first-order valence-corrected chi connectivity index (χ1v) is 10.1. The zero-order chi connectivity index (χ0) is 22.2. The van der Waals surface area contributed by atoms with Gasteiger partial charge < -0.3 is 25.4 Å². The van der Waals surface area contributed by atoms with E-state index < -0.39 is 5.82 Å². The third-order valence-corrected chi connectivity index (χ3v) is 5.09. The highest BCUT2D eigenvalue weighted by atomic mass is 35.5. The highest BCUT2D eigenvalue weighted by Gasteiger charge is 2.25. The largest absolute Gasteiger partial charge is 0.495 e. The van der Waals surface area contributed by atoms with Gasteiger partial charge in [-0.25, -0.2) is 9.37 Å². The van der Waals surface area contributed by atoms with Crippen molar-refractivity contribution in [3.05, 3.63) is 52.9 Å². The number of benzene rings is 2. The lowest BCUT2D eigenvalue weighted by molar-refractivity contribution is 0.242.